The molecule has 0 fully saturated rings. The summed E-state index contributed by atoms with van der Waals surface area (Å²) in [4.78, 5) is 21.7. The monoisotopic (exact) mass is 300 g/mol. The predicted octanol–water partition coefficient (Wildman–Crippen LogP) is 3.98. The first-order valence-electron chi connectivity index (χ1n) is 7.83. The molecule has 0 aromatic carbocycles. The molecule has 2 N–H and O–H groups in total. The zero-order valence-electron chi connectivity index (χ0n) is 12.8. The molecule has 5 heteroatoms. The van der Waals surface area contributed by atoms with Gasteiger partial charge in [0, 0.05) is 12.8 Å². The van der Waals surface area contributed by atoms with Crippen LogP contribution in [-0.2, 0) is 14.3 Å². The number of allylic oxidation sites excluding steroid dienone is 1. The molecule has 0 aromatic rings. The second kappa shape index (κ2) is 14.9. The molecule has 0 rings (SSSR count). The summed E-state index contributed by atoms with van der Waals surface area (Å²) in [5, 5.41) is 16.9. The van der Waals surface area contributed by atoms with E-state index >= 15 is 0 Å². The lowest BCUT2D eigenvalue weighted by atomic mass is 10.1. The number of hydrogen-bond donors (Lipinski definition) is 2. The first-order chi connectivity index (χ1) is 10.2. The number of unbranched alkanes of at least 4 members (excludes halogenated alkanes) is 7. The van der Waals surface area contributed by atoms with Gasteiger partial charge in [0.25, 0.3) is 0 Å². The number of aliphatic hydroxyl groups excluding tert-OH is 1. The van der Waals surface area contributed by atoms with Gasteiger partial charge in [0.05, 0.1) is 12.9 Å². The summed E-state index contributed by atoms with van der Waals surface area (Å²) in [5.41, 5.74) is 0. The largest absolute Gasteiger partial charge is 0.516 e. The van der Waals surface area contributed by atoms with Gasteiger partial charge in [0.1, 0.15) is 0 Å². The van der Waals surface area contributed by atoms with E-state index in [1.54, 1.807) is 6.08 Å². The molecule has 0 aromatic heterocycles. The van der Waals surface area contributed by atoms with Crippen molar-refractivity contribution in [3.05, 3.63) is 12.3 Å². The number of aliphatic carboxylic acids is 1. The van der Waals surface area contributed by atoms with Crippen LogP contribution in [-0.4, -0.2) is 28.8 Å². The summed E-state index contributed by atoms with van der Waals surface area (Å²) in [6, 6.07) is 0. The lowest BCUT2D eigenvalue weighted by Gasteiger charge is -2.04. The number of ether oxygens (including phenoxy) is 1. The van der Waals surface area contributed by atoms with Crippen LogP contribution < -0.4 is 0 Å². The molecule has 0 heterocycles. The average Bonchev–Trinajstić information content (AvgIpc) is 2.45. The number of aliphatic hydroxyl groups is 1. The Bertz CT molecular complexity index is 299. The number of carboxylic acid groups (broad SMARTS) is 1. The van der Waals surface area contributed by atoms with Gasteiger partial charge in [0.15, 0.2) is 0 Å². The molecule has 0 saturated heterocycles. The second-order valence-corrected chi connectivity index (χ2v) is 5.12. The Morgan fingerprint density at radius 1 is 0.857 bits per heavy atom. The molecule has 0 saturated carbocycles. The average molecular weight is 300 g/mol. The van der Waals surface area contributed by atoms with Crippen molar-refractivity contribution in [1.29, 1.82) is 0 Å². The van der Waals surface area contributed by atoms with E-state index in [4.69, 9.17) is 14.9 Å². The molecular weight excluding hydrogens is 272 g/mol. The van der Waals surface area contributed by atoms with Crippen LogP contribution in [0.15, 0.2) is 12.3 Å². The number of esters is 1. The molecule has 122 valence electrons. The van der Waals surface area contributed by atoms with Crippen molar-refractivity contribution in [3.63, 3.8) is 0 Å². The summed E-state index contributed by atoms with van der Waals surface area (Å²) in [6.45, 7) is 0.452. The number of carboxylic acids is 1. The molecule has 0 amide bonds. The maximum absolute atomic E-state index is 11.4. The highest BCUT2D eigenvalue weighted by Gasteiger charge is 2.02. The van der Waals surface area contributed by atoms with E-state index in [0.717, 1.165) is 64.0 Å². The minimum atomic E-state index is -0.731. The Kier molecular flexibility index (Phi) is 13.8. The van der Waals surface area contributed by atoms with E-state index in [9.17, 15) is 9.59 Å². The number of rotatable bonds is 14. The highest BCUT2D eigenvalue weighted by Crippen LogP contribution is 2.09. The maximum Gasteiger partial charge on any atom is 0.305 e. The van der Waals surface area contributed by atoms with Crippen molar-refractivity contribution >= 4 is 11.9 Å². The van der Waals surface area contributed by atoms with Crippen molar-refractivity contribution in [1.82, 2.24) is 0 Å². The number of hydrogen-bond acceptors (Lipinski definition) is 4. The van der Waals surface area contributed by atoms with E-state index in [-0.39, 0.29) is 12.4 Å². The van der Waals surface area contributed by atoms with Gasteiger partial charge in [-0.1, -0.05) is 31.8 Å². The summed E-state index contributed by atoms with van der Waals surface area (Å²) >= 11 is 0. The molecule has 0 aliphatic heterocycles. The maximum atomic E-state index is 11.4. The van der Waals surface area contributed by atoms with Crippen molar-refractivity contribution in [2.45, 2.75) is 70.6 Å². The normalized spacial score (nSPS) is 10.9. The van der Waals surface area contributed by atoms with Gasteiger partial charge in [-0.15, -0.1) is 0 Å². The van der Waals surface area contributed by atoms with Gasteiger partial charge < -0.3 is 14.9 Å². The van der Waals surface area contributed by atoms with E-state index in [0.29, 0.717) is 13.0 Å². The summed E-state index contributed by atoms with van der Waals surface area (Å²) in [7, 11) is 0. The molecule has 0 aliphatic rings. The van der Waals surface area contributed by atoms with Crippen LogP contribution in [0.4, 0.5) is 0 Å². The second-order valence-electron chi connectivity index (χ2n) is 5.12. The summed E-state index contributed by atoms with van der Waals surface area (Å²) in [5.74, 6) is -0.872. The molecule has 0 bridgehead atoms. The quantitative estimate of drug-likeness (QED) is 0.288. The summed E-state index contributed by atoms with van der Waals surface area (Å²) < 4.78 is 5.10. The highest BCUT2D eigenvalue weighted by atomic mass is 16.5. The molecule has 0 atom stereocenters. The molecule has 21 heavy (non-hydrogen) atoms. The molecule has 5 nitrogen and oxygen atoms in total. The van der Waals surface area contributed by atoms with E-state index in [2.05, 4.69) is 0 Å². The van der Waals surface area contributed by atoms with E-state index in [1.165, 1.54) is 0 Å². The van der Waals surface area contributed by atoms with E-state index < -0.39 is 5.97 Å². The molecule has 0 aliphatic carbocycles. The zero-order valence-corrected chi connectivity index (χ0v) is 12.8. The Morgan fingerprint density at radius 2 is 1.48 bits per heavy atom. The topological polar surface area (TPSA) is 83.8 Å². The smallest absolute Gasteiger partial charge is 0.305 e. The standard InChI is InChI=1S/C16H28O5/c17-13-9-5-6-10-14-21-16(20)12-8-4-2-1-3-7-11-15(18)19/h9,13,17H,1-8,10-12,14H2,(H,18,19). The lowest BCUT2D eigenvalue weighted by molar-refractivity contribution is -0.144. The third kappa shape index (κ3) is 16.4. The van der Waals surface area contributed by atoms with Crippen LogP contribution in [0.3, 0.4) is 0 Å². The van der Waals surface area contributed by atoms with Crippen molar-refractivity contribution < 1.29 is 24.5 Å². The molecule has 0 radical (unpaired) electrons. The van der Waals surface area contributed by atoms with Gasteiger partial charge in [-0.3, -0.25) is 9.59 Å². The first kappa shape index (κ1) is 19.5. The Balaban J connectivity index is 3.21. The summed E-state index contributed by atoms with van der Waals surface area (Å²) in [6.07, 6.45) is 11.5. The lowest BCUT2D eigenvalue weighted by Crippen LogP contribution is -2.05. The van der Waals surface area contributed by atoms with Crippen LogP contribution in [0.2, 0.25) is 0 Å². The first-order valence-corrected chi connectivity index (χ1v) is 7.83. The molecular formula is C16H28O5. The van der Waals surface area contributed by atoms with Gasteiger partial charge in [0.2, 0.25) is 0 Å². The fourth-order valence-electron chi connectivity index (χ4n) is 1.95. The van der Waals surface area contributed by atoms with Crippen LogP contribution in [0.25, 0.3) is 0 Å². The minimum absolute atomic E-state index is 0.140. The van der Waals surface area contributed by atoms with Gasteiger partial charge >= 0.3 is 11.9 Å². The number of carbonyl (C=O) groups is 2. The minimum Gasteiger partial charge on any atom is -0.516 e. The Hall–Kier alpha value is -1.52. The van der Waals surface area contributed by atoms with Crippen LogP contribution >= 0.6 is 0 Å². The van der Waals surface area contributed by atoms with Crippen molar-refractivity contribution in [2.24, 2.45) is 0 Å². The Morgan fingerprint density at radius 3 is 2.10 bits per heavy atom. The SMILES string of the molecule is O=C(O)CCCCCCCCC(=O)OCCCCC=CO. The van der Waals surface area contributed by atoms with E-state index in [1.807, 2.05) is 0 Å². The third-order valence-corrected chi connectivity index (χ3v) is 3.16. The van der Waals surface area contributed by atoms with Crippen LogP contribution in [0, 0.1) is 0 Å². The van der Waals surface area contributed by atoms with Crippen molar-refractivity contribution in [3.8, 4) is 0 Å². The fraction of sp³-hybridized carbons (Fsp3) is 0.750. The zero-order chi connectivity index (χ0) is 15.8. The van der Waals surface area contributed by atoms with Crippen molar-refractivity contribution in [2.75, 3.05) is 6.61 Å². The van der Waals surface area contributed by atoms with Gasteiger partial charge in [-0.25, -0.2) is 0 Å². The number of carbonyl (C=O) groups excluding carboxylic acids is 1. The van der Waals surface area contributed by atoms with Crippen LogP contribution in [0.1, 0.15) is 70.6 Å². The molecule has 0 spiro atoms. The fourth-order valence-corrected chi connectivity index (χ4v) is 1.95. The molecule has 0 unspecified atom stereocenters. The predicted molar refractivity (Wildman–Crippen MR) is 81.2 cm³/mol. The highest BCUT2D eigenvalue weighted by molar-refractivity contribution is 5.69. The Labute approximate surface area is 127 Å². The third-order valence-electron chi connectivity index (χ3n) is 3.16. The van der Waals surface area contributed by atoms with Gasteiger partial charge in [-0.2, -0.15) is 0 Å². The van der Waals surface area contributed by atoms with Crippen LogP contribution in [0.5, 0.6) is 0 Å². The van der Waals surface area contributed by atoms with Gasteiger partial charge in [-0.05, 0) is 32.1 Å².